The van der Waals surface area contributed by atoms with E-state index in [-0.39, 0.29) is 36.3 Å². The molecule has 0 radical (unpaired) electrons. The van der Waals surface area contributed by atoms with Crippen molar-refractivity contribution in [2.24, 2.45) is 5.92 Å². The van der Waals surface area contributed by atoms with Gasteiger partial charge in [-0.15, -0.1) is 0 Å². The third-order valence-corrected chi connectivity index (χ3v) is 4.26. The van der Waals surface area contributed by atoms with Crippen LogP contribution in [0.25, 0.3) is 0 Å². The Morgan fingerprint density at radius 3 is 2.06 bits per heavy atom. The Hall–Kier alpha value is -3.51. The zero-order valence-corrected chi connectivity index (χ0v) is 18.3. The van der Waals surface area contributed by atoms with Crippen LogP contribution < -0.4 is 4.74 Å². The van der Waals surface area contributed by atoms with Gasteiger partial charge in [0.1, 0.15) is 17.5 Å². The van der Waals surface area contributed by atoms with Crippen LogP contribution in [-0.4, -0.2) is 48.2 Å². The Balaban J connectivity index is 2.76. The Morgan fingerprint density at radius 2 is 1.54 bits per heavy atom. The minimum atomic E-state index is -5.75. The van der Waals surface area contributed by atoms with Crippen molar-refractivity contribution in [2.45, 2.75) is 45.0 Å². The van der Waals surface area contributed by atoms with Gasteiger partial charge in [0.15, 0.2) is 0 Å². The summed E-state index contributed by atoms with van der Waals surface area (Å²) in [6.07, 6.45) is -13.9. The van der Waals surface area contributed by atoms with Crippen LogP contribution in [0.3, 0.4) is 0 Å². The summed E-state index contributed by atoms with van der Waals surface area (Å²) >= 11 is 0. The molecule has 0 aliphatic rings. The predicted octanol–water partition coefficient (Wildman–Crippen LogP) is 3.87. The van der Waals surface area contributed by atoms with E-state index < -0.39 is 60.4 Å². The monoisotopic (exact) mass is 510 g/mol. The highest BCUT2D eigenvalue weighted by Crippen LogP contribution is 2.30. The number of hydrogen-bond donors (Lipinski definition) is 0. The molecular formula is C22H20F6O7. The van der Waals surface area contributed by atoms with Gasteiger partial charge in [-0.2, -0.15) is 26.3 Å². The first kappa shape index (κ1) is 29.5. The van der Waals surface area contributed by atoms with E-state index in [0.717, 1.165) is 6.07 Å². The number of carbonyl (C=O) groups excluding carboxylic acids is 5. The number of ketones is 3. The number of Topliss-reactive ketones (excluding diaryl/α,β-unsaturated/α-hetero) is 3. The summed E-state index contributed by atoms with van der Waals surface area (Å²) in [7, 11) is 0. The zero-order valence-electron chi connectivity index (χ0n) is 18.3. The lowest BCUT2D eigenvalue weighted by molar-refractivity contribution is -0.190. The van der Waals surface area contributed by atoms with Crippen molar-refractivity contribution < 1.29 is 59.8 Å². The molecule has 1 aromatic rings. The lowest BCUT2D eigenvalue weighted by atomic mass is 9.90. The summed E-state index contributed by atoms with van der Waals surface area (Å²) in [5.74, 6) is -11.9. The van der Waals surface area contributed by atoms with Crippen LogP contribution in [0.1, 0.15) is 31.7 Å². The van der Waals surface area contributed by atoms with Crippen LogP contribution >= 0.6 is 0 Å². The molecule has 0 spiro atoms. The molecule has 0 atom stereocenters. The third kappa shape index (κ3) is 10.1. The average molecular weight is 510 g/mol. The zero-order chi connectivity index (χ0) is 27.0. The van der Waals surface area contributed by atoms with Crippen molar-refractivity contribution in [1.29, 1.82) is 0 Å². The SMILES string of the molecule is C=C(C)C(=O)OCCCC(=O)Oc1cccc(CC(=O)CC(C(=O)C(F)(F)F)C(=O)C(F)(F)F)c1. The number of rotatable bonds is 12. The Kier molecular flexibility index (Phi) is 10.3. The van der Waals surface area contributed by atoms with Crippen LogP contribution in [0.2, 0.25) is 0 Å². The second-order valence-corrected chi connectivity index (χ2v) is 7.34. The predicted molar refractivity (Wildman–Crippen MR) is 106 cm³/mol. The van der Waals surface area contributed by atoms with Gasteiger partial charge in [-0.3, -0.25) is 19.2 Å². The van der Waals surface area contributed by atoms with Gasteiger partial charge in [0.2, 0.25) is 11.6 Å². The third-order valence-electron chi connectivity index (χ3n) is 4.26. The van der Waals surface area contributed by atoms with Crippen LogP contribution in [0.5, 0.6) is 5.75 Å². The molecule has 0 amide bonds. The molecule has 0 saturated carbocycles. The molecule has 0 unspecified atom stereocenters. The van der Waals surface area contributed by atoms with Crippen LogP contribution in [0.4, 0.5) is 26.3 Å². The Labute approximate surface area is 195 Å². The lowest BCUT2D eigenvalue weighted by Gasteiger charge is -2.17. The summed E-state index contributed by atoms with van der Waals surface area (Å²) in [6.45, 7) is 4.75. The van der Waals surface area contributed by atoms with E-state index in [2.05, 4.69) is 6.58 Å². The van der Waals surface area contributed by atoms with Gasteiger partial charge in [0, 0.05) is 24.8 Å². The maximum absolute atomic E-state index is 12.6. The van der Waals surface area contributed by atoms with Crippen molar-refractivity contribution >= 4 is 29.3 Å². The van der Waals surface area contributed by atoms with E-state index in [1.165, 1.54) is 25.1 Å². The number of alkyl halides is 6. The second kappa shape index (κ2) is 12.3. The van der Waals surface area contributed by atoms with Crippen molar-refractivity contribution in [1.82, 2.24) is 0 Å². The molecule has 0 aliphatic carbocycles. The maximum Gasteiger partial charge on any atom is 0.450 e. The first-order valence-corrected chi connectivity index (χ1v) is 9.88. The summed E-state index contributed by atoms with van der Waals surface area (Å²) < 4.78 is 85.6. The molecule has 0 fully saturated rings. The van der Waals surface area contributed by atoms with Gasteiger partial charge in [0.05, 0.1) is 6.61 Å². The van der Waals surface area contributed by atoms with Crippen molar-refractivity contribution in [3.63, 3.8) is 0 Å². The molecule has 0 heterocycles. The molecule has 1 rings (SSSR count). The molecule has 35 heavy (non-hydrogen) atoms. The summed E-state index contributed by atoms with van der Waals surface area (Å²) in [5, 5.41) is 0. The highest BCUT2D eigenvalue weighted by atomic mass is 19.4. The largest absolute Gasteiger partial charge is 0.462 e. The van der Waals surface area contributed by atoms with Gasteiger partial charge in [-0.1, -0.05) is 18.7 Å². The molecule has 1 aromatic carbocycles. The number of hydrogen-bond acceptors (Lipinski definition) is 7. The van der Waals surface area contributed by atoms with Crippen LogP contribution in [0, 0.1) is 5.92 Å². The topological polar surface area (TPSA) is 104 Å². The van der Waals surface area contributed by atoms with Gasteiger partial charge in [0.25, 0.3) is 0 Å². The summed E-state index contributed by atoms with van der Waals surface area (Å²) in [4.78, 5) is 57.8. The van der Waals surface area contributed by atoms with E-state index in [4.69, 9.17) is 9.47 Å². The number of benzene rings is 1. The smallest absolute Gasteiger partial charge is 0.450 e. The molecule has 0 bridgehead atoms. The number of halogens is 6. The standard InChI is InChI=1S/C22H20F6O7/c1-12(2)20(33)34-8-4-7-17(30)35-15-6-3-5-13(10-15)9-14(29)11-16(18(31)21(23,24)25)19(32)22(26,27)28/h3,5-6,10,16H,1,4,7-9,11H2,2H3. The van der Waals surface area contributed by atoms with E-state index in [9.17, 15) is 50.3 Å². The number of ether oxygens (including phenoxy) is 2. The molecule has 192 valence electrons. The quantitative estimate of drug-likeness (QED) is 0.105. The van der Waals surface area contributed by atoms with E-state index in [1.807, 2.05) is 0 Å². The highest BCUT2D eigenvalue weighted by Gasteiger charge is 2.53. The lowest BCUT2D eigenvalue weighted by Crippen LogP contribution is -2.42. The van der Waals surface area contributed by atoms with E-state index in [1.54, 1.807) is 0 Å². The van der Waals surface area contributed by atoms with Gasteiger partial charge >= 0.3 is 24.3 Å². The molecule has 0 aliphatic heterocycles. The van der Waals surface area contributed by atoms with Gasteiger partial charge in [-0.25, -0.2) is 4.79 Å². The molecule has 13 heteroatoms. The van der Waals surface area contributed by atoms with Gasteiger partial charge in [-0.05, 0) is 31.0 Å². The molecule has 0 aromatic heterocycles. The first-order valence-electron chi connectivity index (χ1n) is 9.88. The number of esters is 2. The van der Waals surface area contributed by atoms with Gasteiger partial charge < -0.3 is 9.47 Å². The molecule has 7 nitrogen and oxygen atoms in total. The van der Waals surface area contributed by atoms with E-state index in [0.29, 0.717) is 0 Å². The fourth-order valence-corrected chi connectivity index (χ4v) is 2.63. The van der Waals surface area contributed by atoms with Crippen molar-refractivity contribution in [2.75, 3.05) is 6.61 Å². The summed E-state index contributed by atoms with van der Waals surface area (Å²) in [6, 6.07) is 5.02. The van der Waals surface area contributed by atoms with Crippen LogP contribution in [0.15, 0.2) is 36.4 Å². The normalized spacial score (nSPS) is 11.7. The molecular weight excluding hydrogens is 490 g/mol. The maximum atomic E-state index is 12.6. The molecule has 0 N–H and O–H groups in total. The van der Waals surface area contributed by atoms with Crippen molar-refractivity contribution in [3.8, 4) is 5.75 Å². The fraction of sp³-hybridized carbons (Fsp3) is 0.409. The average Bonchev–Trinajstić information content (AvgIpc) is 2.72. The summed E-state index contributed by atoms with van der Waals surface area (Å²) in [5.41, 5.74) is 0.226. The van der Waals surface area contributed by atoms with E-state index >= 15 is 0 Å². The minimum absolute atomic E-state index is 0.0494. The molecule has 0 saturated heterocycles. The van der Waals surface area contributed by atoms with Crippen molar-refractivity contribution in [3.05, 3.63) is 42.0 Å². The second-order valence-electron chi connectivity index (χ2n) is 7.34. The number of carbonyl (C=O) groups is 5. The minimum Gasteiger partial charge on any atom is -0.462 e. The Morgan fingerprint density at radius 1 is 0.971 bits per heavy atom. The fourth-order valence-electron chi connectivity index (χ4n) is 2.63. The highest BCUT2D eigenvalue weighted by molar-refractivity contribution is 6.09. The van der Waals surface area contributed by atoms with Crippen LogP contribution in [-0.2, 0) is 35.1 Å². The first-order chi connectivity index (χ1) is 16.0. The Bertz CT molecular complexity index is 969.